The van der Waals surface area contributed by atoms with E-state index in [1.165, 1.54) is 11.8 Å². The summed E-state index contributed by atoms with van der Waals surface area (Å²) < 4.78 is 3.44. The lowest BCUT2D eigenvalue weighted by Crippen LogP contribution is -2.32. The number of hydrogen-bond acceptors (Lipinski definition) is 5. The molecule has 3 aromatic carbocycles. The molecule has 5 aromatic rings. The highest BCUT2D eigenvalue weighted by atomic mass is 32.2. The Kier molecular flexibility index (Phi) is 6.13. The van der Waals surface area contributed by atoms with E-state index < -0.39 is 5.25 Å². The largest absolute Gasteiger partial charge is 0.340 e. The maximum Gasteiger partial charge on any atom is 0.267 e. The van der Waals surface area contributed by atoms with Crippen molar-refractivity contribution in [3.8, 4) is 5.69 Å². The number of aryl methyl sites for hydroxylation is 1. The second-order valence-corrected chi connectivity index (χ2v) is 9.86. The molecule has 8 heteroatoms. The molecule has 0 N–H and O–H groups in total. The average molecular weight is 484 g/mol. The predicted molar refractivity (Wildman–Crippen MR) is 139 cm³/mol. The molecule has 0 radical (unpaired) electrons. The molecule has 0 fully saturated rings. The third-order valence-electron chi connectivity index (χ3n) is 5.96. The van der Waals surface area contributed by atoms with Gasteiger partial charge in [-0.1, -0.05) is 71.9 Å². The Hall–Kier alpha value is -3.91. The first kappa shape index (κ1) is 22.9. The number of fused-ring (bicyclic) bond motifs is 3. The normalized spacial score (nSPS) is 12.2. The van der Waals surface area contributed by atoms with Crippen LogP contribution in [0.2, 0.25) is 0 Å². The SMILES string of the molecule is Cc1ccc(-n2c(=O)c3ccccc3n3c(SC(C)C(=O)N(C)Cc4ccccc4)nnc23)cc1. The number of carbonyl (C=O) groups excluding carboxylic acids is 1. The fourth-order valence-corrected chi connectivity index (χ4v) is 5.11. The van der Waals surface area contributed by atoms with Crippen LogP contribution in [-0.4, -0.2) is 42.3 Å². The fraction of sp³-hybridized carbons (Fsp3) is 0.185. The van der Waals surface area contributed by atoms with Gasteiger partial charge < -0.3 is 4.90 Å². The fourth-order valence-electron chi connectivity index (χ4n) is 4.14. The molecule has 0 aliphatic carbocycles. The zero-order chi connectivity index (χ0) is 24.5. The van der Waals surface area contributed by atoms with E-state index in [9.17, 15) is 9.59 Å². The Bertz CT molecular complexity index is 1580. The van der Waals surface area contributed by atoms with Crippen molar-refractivity contribution in [2.45, 2.75) is 30.8 Å². The Morgan fingerprint density at radius 1 is 0.971 bits per heavy atom. The van der Waals surface area contributed by atoms with Gasteiger partial charge in [0.1, 0.15) is 0 Å². The molecule has 5 rings (SSSR count). The summed E-state index contributed by atoms with van der Waals surface area (Å²) in [6.45, 7) is 4.40. The number of amides is 1. The van der Waals surface area contributed by atoms with E-state index >= 15 is 0 Å². The standard InChI is InChI=1S/C27H25N5O2S/c1-18-13-15-21(16-14-18)31-25(34)22-11-7-8-12-23(22)32-26(31)28-29-27(32)35-19(2)24(33)30(3)17-20-9-5-4-6-10-20/h4-16,19H,17H2,1-3H3. The highest BCUT2D eigenvalue weighted by Gasteiger charge is 2.24. The van der Waals surface area contributed by atoms with Gasteiger partial charge in [0.15, 0.2) is 5.16 Å². The van der Waals surface area contributed by atoms with Gasteiger partial charge in [-0.15, -0.1) is 10.2 Å². The monoisotopic (exact) mass is 483 g/mol. The summed E-state index contributed by atoms with van der Waals surface area (Å²) in [5.74, 6) is 0.407. The van der Waals surface area contributed by atoms with Gasteiger partial charge in [-0.05, 0) is 43.7 Å². The Balaban J connectivity index is 1.55. The molecular weight excluding hydrogens is 458 g/mol. The van der Waals surface area contributed by atoms with Crippen molar-refractivity contribution in [1.82, 2.24) is 24.1 Å². The zero-order valence-electron chi connectivity index (χ0n) is 19.8. The Labute approximate surface area is 207 Å². The first-order valence-corrected chi connectivity index (χ1v) is 12.2. The minimum absolute atomic E-state index is 0.00763. The van der Waals surface area contributed by atoms with E-state index in [0.717, 1.165) is 11.1 Å². The molecule has 0 aliphatic heterocycles. The second-order valence-electron chi connectivity index (χ2n) is 8.55. The lowest BCUT2D eigenvalue weighted by Gasteiger charge is -2.21. The van der Waals surface area contributed by atoms with Crippen molar-refractivity contribution in [3.05, 3.63) is 100 Å². The molecule has 1 amide bonds. The van der Waals surface area contributed by atoms with Crippen molar-refractivity contribution in [2.24, 2.45) is 0 Å². The third kappa shape index (κ3) is 4.33. The van der Waals surface area contributed by atoms with E-state index in [-0.39, 0.29) is 11.5 Å². The summed E-state index contributed by atoms with van der Waals surface area (Å²) in [5.41, 5.74) is 3.44. The van der Waals surface area contributed by atoms with Crippen LogP contribution in [0.4, 0.5) is 0 Å². The molecule has 0 saturated heterocycles. The minimum Gasteiger partial charge on any atom is -0.340 e. The van der Waals surface area contributed by atoms with Crippen molar-refractivity contribution in [3.63, 3.8) is 0 Å². The van der Waals surface area contributed by atoms with Crippen LogP contribution in [-0.2, 0) is 11.3 Å². The zero-order valence-corrected chi connectivity index (χ0v) is 20.6. The van der Waals surface area contributed by atoms with Gasteiger partial charge in [-0.3, -0.25) is 14.0 Å². The van der Waals surface area contributed by atoms with Gasteiger partial charge >= 0.3 is 0 Å². The van der Waals surface area contributed by atoms with Gasteiger partial charge in [0.25, 0.3) is 5.56 Å². The van der Waals surface area contributed by atoms with Gasteiger partial charge in [0.05, 0.1) is 21.8 Å². The number of carbonyl (C=O) groups is 1. The van der Waals surface area contributed by atoms with Crippen LogP contribution in [0.1, 0.15) is 18.1 Å². The van der Waals surface area contributed by atoms with E-state index in [1.54, 1.807) is 22.6 Å². The number of aromatic nitrogens is 4. The predicted octanol–water partition coefficient (Wildman–Crippen LogP) is 4.48. The van der Waals surface area contributed by atoms with E-state index in [2.05, 4.69) is 10.2 Å². The number of nitrogens with zero attached hydrogens (tertiary/aromatic N) is 5. The molecule has 35 heavy (non-hydrogen) atoms. The van der Waals surface area contributed by atoms with Crippen molar-refractivity contribution >= 4 is 34.3 Å². The molecule has 0 aliphatic rings. The summed E-state index contributed by atoms with van der Waals surface area (Å²) in [5, 5.41) is 9.51. The highest BCUT2D eigenvalue weighted by Crippen LogP contribution is 2.27. The maximum absolute atomic E-state index is 13.4. The molecule has 7 nitrogen and oxygen atoms in total. The van der Waals surface area contributed by atoms with E-state index in [1.807, 2.05) is 91.0 Å². The number of hydrogen-bond donors (Lipinski definition) is 0. The first-order chi connectivity index (χ1) is 16.9. The van der Waals surface area contributed by atoms with Gasteiger partial charge in [-0.25, -0.2) is 4.57 Å². The molecular formula is C27H25N5O2S. The van der Waals surface area contributed by atoms with Gasteiger partial charge in [0.2, 0.25) is 11.7 Å². The lowest BCUT2D eigenvalue weighted by molar-refractivity contribution is -0.129. The van der Waals surface area contributed by atoms with E-state index in [0.29, 0.717) is 34.1 Å². The molecule has 2 heterocycles. The van der Waals surface area contributed by atoms with Crippen molar-refractivity contribution in [1.29, 1.82) is 0 Å². The van der Waals surface area contributed by atoms with Gasteiger partial charge in [-0.2, -0.15) is 0 Å². The van der Waals surface area contributed by atoms with Crippen LogP contribution in [0.3, 0.4) is 0 Å². The molecule has 0 spiro atoms. The van der Waals surface area contributed by atoms with Crippen LogP contribution in [0.25, 0.3) is 22.4 Å². The van der Waals surface area contributed by atoms with Crippen LogP contribution in [0, 0.1) is 6.92 Å². The Morgan fingerprint density at radius 3 is 2.40 bits per heavy atom. The summed E-state index contributed by atoms with van der Waals surface area (Å²) in [4.78, 5) is 28.3. The van der Waals surface area contributed by atoms with Crippen LogP contribution < -0.4 is 5.56 Å². The molecule has 176 valence electrons. The number of thioether (sulfide) groups is 1. The van der Waals surface area contributed by atoms with Crippen LogP contribution in [0.15, 0.2) is 88.8 Å². The molecule has 0 bridgehead atoms. The number of para-hydroxylation sites is 1. The first-order valence-electron chi connectivity index (χ1n) is 11.4. The minimum atomic E-state index is -0.394. The third-order valence-corrected chi connectivity index (χ3v) is 6.99. The topological polar surface area (TPSA) is 72.5 Å². The molecule has 2 aromatic heterocycles. The molecule has 0 saturated carbocycles. The summed E-state index contributed by atoms with van der Waals surface area (Å²) in [6, 6.07) is 25.0. The quantitative estimate of drug-likeness (QED) is 0.333. The summed E-state index contributed by atoms with van der Waals surface area (Å²) in [6.07, 6.45) is 0. The van der Waals surface area contributed by atoms with Crippen molar-refractivity contribution in [2.75, 3.05) is 7.05 Å². The van der Waals surface area contributed by atoms with Crippen molar-refractivity contribution < 1.29 is 4.79 Å². The summed E-state index contributed by atoms with van der Waals surface area (Å²) in [7, 11) is 1.80. The highest BCUT2D eigenvalue weighted by molar-refractivity contribution is 8.00. The van der Waals surface area contributed by atoms with Crippen LogP contribution >= 0.6 is 11.8 Å². The number of benzene rings is 3. The molecule has 1 atom stereocenters. The van der Waals surface area contributed by atoms with Gasteiger partial charge in [0, 0.05) is 13.6 Å². The lowest BCUT2D eigenvalue weighted by atomic mass is 10.2. The van der Waals surface area contributed by atoms with E-state index in [4.69, 9.17) is 0 Å². The second kappa shape index (κ2) is 9.38. The van der Waals surface area contributed by atoms with Crippen LogP contribution in [0.5, 0.6) is 0 Å². The smallest absolute Gasteiger partial charge is 0.267 e. The summed E-state index contributed by atoms with van der Waals surface area (Å²) >= 11 is 1.34. The molecule has 1 unspecified atom stereocenters. The average Bonchev–Trinajstić information content (AvgIpc) is 3.28. The number of rotatable bonds is 6. The maximum atomic E-state index is 13.4. The Morgan fingerprint density at radius 2 is 1.66 bits per heavy atom.